The van der Waals surface area contributed by atoms with E-state index in [0.717, 1.165) is 6.07 Å². The Balaban J connectivity index is 2.34. The van der Waals surface area contributed by atoms with Crippen molar-refractivity contribution >= 4 is 21.4 Å². The number of hydrogen-bond acceptors (Lipinski definition) is 6. The van der Waals surface area contributed by atoms with E-state index in [1.165, 1.54) is 12.1 Å². The highest BCUT2D eigenvalue weighted by molar-refractivity contribution is 7.89. The summed E-state index contributed by atoms with van der Waals surface area (Å²) >= 11 is 0. The van der Waals surface area contributed by atoms with Crippen molar-refractivity contribution in [1.29, 1.82) is 0 Å². The summed E-state index contributed by atoms with van der Waals surface area (Å²) in [6, 6.07) is 3.53. The quantitative estimate of drug-likeness (QED) is 0.474. The molecule has 22 heavy (non-hydrogen) atoms. The highest BCUT2D eigenvalue weighted by Crippen LogP contribution is 2.31. The summed E-state index contributed by atoms with van der Waals surface area (Å²) in [5, 5.41) is 16.1. The van der Waals surface area contributed by atoms with Gasteiger partial charge in [0.2, 0.25) is 10.0 Å². The smallest absolute Gasteiger partial charge is 0.271 e. The fourth-order valence-corrected chi connectivity index (χ4v) is 3.13. The Morgan fingerprint density at radius 2 is 2.27 bits per heavy atom. The molecule has 0 spiro atoms. The van der Waals surface area contributed by atoms with Crippen LogP contribution in [0.15, 0.2) is 35.7 Å². The van der Waals surface area contributed by atoms with Gasteiger partial charge in [0, 0.05) is 25.2 Å². The third kappa shape index (κ3) is 3.62. The van der Waals surface area contributed by atoms with Gasteiger partial charge in [-0.2, -0.15) is 0 Å². The first-order valence-electron chi connectivity index (χ1n) is 6.61. The number of rotatable bonds is 6. The van der Waals surface area contributed by atoms with Crippen molar-refractivity contribution in [1.82, 2.24) is 0 Å². The summed E-state index contributed by atoms with van der Waals surface area (Å²) < 4.78 is 28.9. The first-order chi connectivity index (χ1) is 10.3. The monoisotopic (exact) mass is 327 g/mol. The summed E-state index contributed by atoms with van der Waals surface area (Å²) in [7, 11) is -3.97. The highest BCUT2D eigenvalue weighted by Gasteiger charge is 2.28. The van der Waals surface area contributed by atoms with Crippen LogP contribution in [0.5, 0.6) is 0 Å². The Morgan fingerprint density at radius 3 is 2.86 bits per heavy atom. The molecular formula is C13H17N3O5S. The molecule has 1 atom stereocenters. The molecule has 1 aliphatic heterocycles. The van der Waals surface area contributed by atoms with Gasteiger partial charge in [0.15, 0.2) is 0 Å². The maximum atomic E-state index is 11.7. The van der Waals surface area contributed by atoms with Crippen LogP contribution < -0.4 is 10.0 Å². The van der Waals surface area contributed by atoms with Crippen LogP contribution in [0.1, 0.15) is 6.42 Å². The second-order valence-electron chi connectivity index (χ2n) is 4.93. The summed E-state index contributed by atoms with van der Waals surface area (Å²) in [6.07, 6.45) is 2.25. The molecule has 2 N–H and O–H groups in total. The van der Waals surface area contributed by atoms with Crippen molar-refractivity contribution in [2.75, 3.05) is 24.6 Å². The molecule has 0 radical (unpaired) electrons. The van der Waals surface area contributed by atoms with Crippen LogP contribution in [-0.2, 0) is 14.8 Å². The largest absolute Gasteiger partial charge is 0.372 e. The summed E-state index contributed by atoms with van der Waals surface area (Å²) in [6.45, 7) is 4.94. The van der Waals surface area contributed by atoms with Crippen molar-refractivity contribution in [3.63, 3.8) is 0 Å². The van der Waals surface area contributed by atoms with Crippen LogP contribution in [0.4, 0.5) is 11.4 Å². The Bertz CT molecular complexity index is 689. The van der Waals surface area contributed by atoms with Gasteiger partial charge in [-0.05, 0) is 12.5 Å². The number of nitrogens with two attached hydrogens (primary N) is 1. The van der Waals surface area contributed by atoms with Gasteiger partial charge < -0.3 is 9.64 Å². The van der Waals surface area contributed by atoms with Crippen molar-refractivity contribution in [2.24, 2.45) is 5.14 Å². The molecule has 0 aromatic heterocycles. The molecule has 120 valence electrons. The van der Waals surface area contributed by atoms with E-state index in [2.05, 4.69) is 6.58 Å². The number of nitro groups is 1. The number of hydrogen-bond donors (Lipinski definition) is 1. The minimum absolute atomic E-state index is 0.0782. The topological polar surface area (TPSA) is 116 Å². The van der Waals surface area contributed by atoms with Gasteiger partial charge in [0.05, 0.1) is 23.3 Å². The second-order valence-corrected chi connectivity index (χ2v) is 6.46. The molecule has 0 aliphatic carbocycles. The zero-order chi connectivity index (χ0) is 16.3. The lowest BCUT2D eigenvalue weighted by molar-refractivity contribution is -0.384. The maximum Gasteiger partial charge on any atom is 0.271 e. The fraction of sp³-hybridized carbons (Fsp3) is 0.385. The molecule has 0 bridgehead atoms. The second kappa shape index (κ2) is 6.42. The van der Waals surface area contributed by atoms with Crippen LogP contribution >= 0.6 is 0 Å². The fourth-order valence-electron chi connectivity index (χ4n) is 2.39. The van der Waals surface area contributed by atoms with Gasteiger partial charge in [-0.3, -0.25) is 10.1 Å². The molecule has 1 saturated heterocycles. The average molecular weight is 327 g/mol. The first-order valence-corrected chi connectivity index (χ1v) is 8.16. The predicted octanol–water partition coefficient (Wildman–Crippen LogP) is 1.02. The number of benzene rings is 1. The zero-order valence-corrected chi connectivity index (χ0v) is 12.7. The molecule has 1 aliphatic rings. The normalized spacial score (nSPS) is 18.4. The summed E-state index contributed by atoms with van der Waals surface area (Å²) in [5.74, 6) is 0. The summed E-state index contributed by atoms with van der Waals surface area (Å²) in [4.78, 5) is 11.9. The molecule has 1 fully saturated rings. The number of primary sulfonamides is 1. The van der Waals surface area contributed by atoms with Gasteiger partial charge in [-0.15, -0.1) is 6.58 Å². The van der Waals surface area contributed by atoms with Crippen LogP contribution in [-0.4, -0.2) is 39.1 Å². The van der Waals surface area contributed by atoms with Crippen LogP contribution in [0.3, 0.4) is 0 Å². The zero-order valence-electron chi connectivity index (χ0n) is 11.8. The van der Waals surface area contributed by atoms with E-state index in [0.29, 0.717) is 26.1 Å². The number of sulfonamides is 1. The molecule has 1 aromatic carbocycles. The van der Waals surface area contributed by atoms with Crippen molar-refractivity contribution in [2.45, 2.75) is 17.4 Å². The van der Waals surface area contributed by atoms with Gasteiger partial charge in [0.1, 0.15) is 4.90 Å². The third-order valence-corrected chi connectivity index (χ3v) is 4.35. The van der Waals surface area contributed by atoms with Gasteiger partial charge in [0.25, 0.3) is 5.69 Å². The third-order valence-electron chi connectivity index (χ3n) is 3.40. The molecule has 0 amide bonds. The van der Waals surface area contributed by atoms with E-state index >= 15 is 0 Å². The lowest BCUT2D eigenvalue weighted by Gasteiger charge is -2.21. The average Bonchev–Trinajstić information content (AvgIpc) is 2.92. The standard InChI is InChI=1S/C13H17N3O5S/c1-2-7-21-11-5-6-15(9-11)12-8-10(16(17)18)3-4-13(12)22(14,19)20/h2-4,8,11H,1,5-7,9H2,(H2,14,19,20). The predicted molar refractivity (Wildman–Crippen MR) is 81.2 cm³/mol. The molecule has 1 heterocycles. The number of anilines is 1. The number of non-ortho nitro benzene ring substituents is 1. The van der Waals surface area contributed by atoms with Crippen LogP contribution in [0, 0.1) is 10.1 Å². The number of ether oxygens (including phenoxy) is 1. The van der Waals surface area contributed by atoms with E-state index in [4.69, 9.17) is 9.88 Å². The molecule has 1 unspecified atom stereocenters. The molecule has 1 aromatic rings. The van der Waals surface area contributed by atoms with Crippen LogP contribution in [0.2, 0.25) is 0 Å². The van der Waals surface area contributed by atoms with Crippen molar-refractivity contribution in [3.8, 4) is 0 Å². The maximum absolute atomic E-state index is 11.7. The molecular weight excluding hydrogens is 310 g/mol. The Hall–Kier alpha value is -1.97. The van der Waals surface area contributed by atoms with E-state index in [9.17, 15) is 18.5 Å². The van der Waals surface area contributed by atoms with Crippen LogP contribution in [0.25, 0.3) is 0 Å². The molecule has 8 nitrogen and oxygen atoms in total. The minimum atomic E-state index is -3.97. The van der Waals surface area contributed by atoms with E-state index < -0.39 is 14.9 Å². The lowest BCUT2D eigenvalue weighted by Crippen LogP contribution is -2.26. The number of nitrogens with zero attached hydrogens (tertiary/aromatic N) is 2. The molecule has 0 saturated carbocycles. The SMILES string of the molecule is C=CCOC1CCN(c2cc([N+](=O)[O-])ccc2S(N)(=O)=O)C1. The van der Waals surface area contributed by atoms with Gasteiger partial charge in [-0.1, -0.05) is 6.08 Å². The molecule has 9 heteroatoms. The van der Waals surface area contributed by atoms with E-state index in [-0.39, 0.29) is 22.4 Å². The first kappa shape index (κ1) is 16.4. The van der Waals surface area contributed by atoms with Crippen molar-refractivity contribution in [3.05, 3.63) is 41.0 Å². The van der Waals surface area contributed by atoms with Gasteiger partial charge >= 0.3 is 0 Å². The van der Waals surface area contributed by atoms with Gasteiger partial charge in [-0.25, -0.2) is 13.6 Å². The summed E-state index contributed by atoms with van der Waals surface area (Å²) in [5.41, 5.74) is 0.0549. The highest BCUT2D eigenvalue weighted by atomic mass is 32.2. The van der Waals surface area contributed by atoms with E-state index in [1.807, 2.05) is 0 Å². The minimum Gasteiger partial charge on any atom is -0.372 e. The Labute approximate surface area is 128 Å². The molecule has 2 rings (SSSR count). The Morgan fingerprint density at radius 1 is 1.55 bits per heavy atom. The Kier molecular flexibility index (Phi) is 4.79. The van der Waals surface area contributed by atoms with Crippen molar-refractivity contribution < 1.29 is 18.1 Å². The number of nitro benzene ring substituents is 1. The van der Waals surface area contributed by atoms with E-state index in [1.54, 1.807) is 11.0 Å². The lowest BCUT2D eigenvalue weighted by atomic mass is 10.2.